The van der Waals surface area contributed by atoms with E-state index in [1.165, 1.54) is 4.31 Å². The number of nitrogens with one attached hydrogen (secondary N) is 1. The number of sulfonamides is 1. The Morgan fingerprint density at radius 3 is 2.57 bits per heavy atom. The first-order chi connectivity index (χ1) is 14.3. The molecule has 2 aromatic rings. The number of hydrogen-bond acceptors (Lipinski definition) is 5. The molecule has 1 aliphatic heterocycles. The average molecular weight is 449 g/mol. The molecule has 1 heterocycles. The Labute approximate surface area is 183 Å². The van der Waals surface area contributed by atoms with Crippen LogP contribution in [0.15, 0.2) is 52.3 Å². The van der Waals surface area contributed by atoms with E-state index in [4.69, 9.17) is 4.74 Å². The smallest absolute Gasteiger partial charge is 0.243 e. The zero-order chi connectivity index (χ0) is 21.7. The Bertz CT molecular complexity index is 1000. The summed E-state index contributed by atoms with van der Waals surface area (Å²) in [5, 5.41) is 2.96. The third-order valence-electron chi connectivity index (χ3n) is 5.25. The van der Waals surface area contributed by atoms with Crippen LogP contribution in [0.1, 0.15) is 25.3 Å². The number of piperidine rings is 1. The summed E-state index contributed by atoms with van der Waals surface area (Å²) in [6, 6.07) is 12.7. The first-order valence-corrected chi connectivity index (χ1v) is 12.7. The minimum absolute atomic E-state index is 0.0535. The monoisotopic (exact) mass is 448 g/mol. The van der Waals surface area contributed by atoms with Gasteiger partial charge in [-0.1, -0.05) is 6.07 Å². The minimum Gasteiger partial charge on any atom is -0.494 e. The molecule has 1 aliphatic rings. The van der Waals surface area contributed by atoms with Crippen LogP contribution in [0.25, 0.3) is 0 Å². The van der Waals surface area contributed by atoms with E-state index in [1.807, 2.05) is 44.4 Å². The predicted octanol–water partition coefficient (Wildman–Crippen LogP) is 4.16. The summed E-state index contributed by atoms with van der Waals surface area (Å²) < 4.78 is 33.0. The number of rotatable bonds is 7. The molecular weight excluding hydrogens is 420 g/mol. The van der Waals surface area contributed by atoms with Gasteiger partial charge in [-0.05, 0) is 74.9 Å². The SMILES string of the molecule is CCOc1ccc(S(=O)(=O)N2CCC(C(=O)Nc3cccc(SC)c3)CC2)cc1C. The van der Waals surface area contributed by atoms with Crippen LogP contribution in [0.3, 0.4) is 0 Å². The Hall–Kier alpha value is -2.03. The number of carbonyl (C=O) groups is 1. The van der Waals surface area contributed by atoms with E-state index in [1.54, 1.807) is 30.0 Å². The zero-order valence-corrected chi connectivity index (χ0v) is 19.2. The number of carbonyl (C=O) groups excluding carboxylic acids is 1. The number of nitrogens with zero attached hydrogens (tertiary/aromatic N) is 1. The van der Waals surface area contributed by atoms with Crippen LogP contribution in [-0.2, 0) is 14.8 Å². The van der Waals surface area contributed by atoms with Crippen LogP contribution >= 0.6 is 11.8 Å². The maximum absolute atomic E-state index is 13.0. The summed E-state index contributed by atoms with van der Waals surface area (Å²) in [6.07, 6.45) is 3.00. The molecule has 0 spiro atoms. The molecule has 0 aromatic heterocycles. The molecule has 0 radical (unpaired) electrons. The zero-order valence-electron chi connectivity index (χ0n) is 17.6. The van der Waals surface area contributed by atoms with Crippen LogP contribution in [0.5, 0.6) is 5.75 Å². The number of aryl methyl sites for hydroxylation is 1. The second-order valence-electron chi connectivity index (χ2n) is 7.26. The van der Waals surface area contributed by atoms with E-state index < -0.39 is 10.0 Å². The second kappa shape index (κ2) is 9.85. The summed E-state index contributed by atoms with van der Waals surface area (Å²) in [5.74, 6) is 0.441. The van der Waals surface area contributed by atoms with E-state index in [0.29, 0.717) is 38.3 Å². The average Bonchev–Trinajstić information content (AvgIpc) is 2.75. The molecule has 8 heteroatoms. The molecule has 0 unspecified atom stereocenters. The van der Waals surface area contributed by atoms with Gasteiger partial charge < -0.3 is 10.1 Å². The number of hydrogen-bond donors (Lipinski definition) is 1. The quantitative estimate of drug-likeness (QED) is 0.644. The van der Waals surface area contributed by atoms with Gasteiger partial charge in [0.15, 0.2) is 0 Å². The summed E-state index contributed by atoms with van der Waals surface area (Å²) in [7, 11) is -3.59. The van der Waals surface area contributed by atoms with Crippen molar-refractivity contribution in [1.82, 2.24) is 4.31 Å². The number of benzene rings is 2. The van der Waals surface area contributed by atoms with Crippen molar-refractivity contribution in [2.75, 3.05) is 31.3 Å². The Morgan fingerprint density at radius 1 is 1.20 bits per heavy atom. The normalized spacial score (nSPS) is 15.7. The number of anilines is 1. The highest BCUT2D eigenvalue weighted by Crippen LogP contribution is 2.28. The Balaban J connectivity index is 1.62. The van der Waals surface area contributed by atoms with Gasteiger partial charge in [-0.3, -0.25) is 4.79 Å². The van der Waals surface area contributed by atoms with E-state index in [0.717, 1.165) is 16.1 Å². The lowest BCUT2D eigenvalue weighted by Crippen LogP contribution is -2.41. The molecule has 0 aliphatic carbocycles. The maximum Gasteiger partial charge on any atom is 0.243 e. The van der Waals surface area contributed by atoms with E-state index >= 15 is 0 Å². The van der Waals surface area contributed by atoms with Crippen molar-refractivity contribution < 1.29 is 17.9 Å². The van der Waals surface area contributed by atoms with Gasteiger partial charge in [0, 0.05) is 29.6 Å². The van der Waals surface area contributed by atoms with Crippen molar-refractivity contribution in [3.8, 4) is 5.75 Å². The molecular formula is C22H28N2O4S2. The van der Waals surface area contributed by atoms with Gasteiger partial charge in [-0.25, -0.2) is 8.42 Å². The van der Waals surface area contributed by atoms with Crippen molar-refractivity contribution >= 4 is 33.4 Å². The van der Waals surface area contributed by atoms with Crippen molar-refractivity contribution in [3.63, 3.8) is 0 Å². The molecule has 0 atom stereocenters. The lowest BCUT2D eigenvalue weighted by Gasteiger charge is -2.30. The van der Waals surface area contributed by atoms with Gasteiger partial charge in [-0.2, -0.15) is 4.31 Å². The third-order valence-corrected chi connectivity index (χ3v) is 7.87. The van der Waals surface area contributed by atoms with Crippen LogP contribution in [0, 0.1) is 12.8 Å². The molecule has 1 saturated heterocycles. The summed E-state index contributed by atoms with van der Waals surface area (Å²) in [6.45, 7) is 4.93. The molecule has 0 saturated carbocycles. The van der Waals surface area contributed by atoms with Crippen LogP contribution in [0.2, 0.25) is 0 Å². The van der Waals surface area contributed by atoms with Crippen LogP contribution < -0.4 is 10.1 Å². The number of thioether (sulfide) groups is 1. The first-order valence-electron chi connectivity index (χ1n) is 10.0. The topological polar surface area (TPSA) is 75.7 Å². The highest BCUT2D eigenvalue weighted by molar-refractivity contribution is 7.98. The fourth-order valence-corrected chi connectivity index (χ4v) is 5.57. The third kappa shape index (κ3) is 5.17. The summed E-state index contributed by atoms with van der Waals surface area (Å²) >= 11 is 1.62. The fraction of sp³-hybridized carbons (Fsp3) is 0.409. The van der Waals surface area contributed by atoms with Gasteiger partial charge in [0.05, 0.1) is 11.5 Å². The number of amides is 1. The summed E-state index contributed by atoms with van der Waals surface area (Å²) in [5.41, 5.74) is 1.56. The minimum atomic E-state index is -3.59. The molecule has 1 N–H and O–H groups in total. The lowest BCUT2D eigenvalue weighted by molar-refractivity contribution is -0.120. The molecule has 30 heavy (non-hydrogen) atoms. The van der Waals surface area contributed by atoms with Crippen LogP contribution in [0.4, 0.5) is 5.69 Å². The van der Waals surface area contributed by atoms with E-state index in [2.05, 4.69) is 5.32 Å². The molecule has 0 bridgehead atoms. The van der Waals surface area contributed by atoms with Crippen LogP contribution in [-0.4, -0.2) is 44.6 Å². The Kier molecular flexibility index (Phi) is 7.44. The molecule has 1 amide bonds. The largest absolute Gasteiger partial charge is 0.494 e. The molecule has 2 aromatic carbocycles. The molecule has 6 nitrogen and oxygen atoms in total. The van der Waals surface area contributed by atoms with Crippen molar-refractivity contribution in [1.29, 1.82) is 0 Å². The summed E-state index contributed by atoms with van der Waals surface area (Å²) in [4.78, 5) is 14.0. The second-order valence-corrected chi connectivity index (χ2v) is 10.1. The van der Waals surface area contributed by atoms with E-state index in [-0.39, 0.29) is 16.7 Å². The van der Waals surface area contributed by atoms with Gasteiger partial charge >= 0.3 is 0 Å². The van der Waals surface area contributed by atoms with E-state index in [9.17, 15) is 13.2 Å². The number of ether oxygens (including phenoxy) is 1. The lowest BCUT2D eigenvalue weighted by atomic mass is 9.97. The first kappa shape index (κ1) is 22.7. The molecule has 1 fully saturated rings. The Morgan fingerprint density at radius 2 is 1.93 bits per heavy atom. The van der Waals surface area contributed by atoms with Gasteiger partial charge in [0.2, 0.25) is 15.9 Å². The van der Waals surface area contributed by atoms with Crippen molar-refractivity contribution in [3.05, 3.63) is 48.0 Å². The maximum atomic E-state index is 13.0. The predicted molar refractivity (Wildman–Crippen MR) is 121 cm³/mol. The molecule has 3 rings (SSSR count). The fourth-order valence-electron chi connectivity index (χ4n) is 3.55. The highest BCUT2D eigenvalue weighted by atomic mass is 32.2. The standard InChI is InChI=1S/C22H28N2O4S2/c1-4-28-21-9-8-20(14-16(21)2)30(26,27)24-12-10-17(11-13-24)22(25)23-18-6-5-7-19(15-18)29-3/h5-9,14-15,17H,4,10-13H2,1-3H3,(H,23,25). The van der Waals surface area contributed by atoms with Crippen molar-refractivity contribution in [2.45, 2.75) is 36.5 Å². The highest BCUT2D eigenvalue weighted by Gasteiger charge is 2.32. The van der Waals surface area contributed by atoms with Gasteiger partial charge in [0.1, 0.15) is 5.75 Å². The van der Waals surface area contributed by atoms with Crippen molar-refractivity contribution in [2.24, 2.45) is 5.92 Å². The molecule has 162 valence electrons. The van der Waals surface area contributed by atoms with Gasteiger partial charge in [-0.15, -0.1) is 11.8 Å². The van der Waals surface area contributed by atoms with Gasteiger partial charge in [0.25, 0.3) is 0 Å².